The summed E-state index contributed by atoms with van der Waals surface area (Å²) in [6.07, 6.45) is 6.52. The molecule has 0 aromatic carbocycles. The minimum Gasteiger partial charge on any atom is -0.554 e. The van der Waals surface area contributed by atoms with Crippen LogP contribution in [0.3, 0.4) is 0 Å². The molecule has 0 amide bonds. The number of carbonyl (C=O) groups excluding carboxylic acids is 1. The molecule has 1 aromatic heterocycles. The Labute approximate surface area is 110 Å². The molecule has 0 aliphatic carbocycles. The van der Waals surface area contributed by atoms with Crippen LogP contribution in [0.25, 0.3) is 0 Å². The first-order valence-electron chi connectivity index (χ1n) is 6.40. The summed E-state index contributed by atoms with van der Waals surface area (Å²) in [7, 11) is 0. The first-order valence-corrected chi connectivity index (χ1v) is 6.40. The molecule has 0 saturated heterocycles. The van der Waals surface area contributed by atoms with Crippen molar-refractivity contribution >= 4 is 6.47 Å². The van der Waals surface area contributed by atoms with Gasteiger partial charge in [-0.3, -0.25) is 0 Å². The Kier molecular flexibility index (Phi) is 6.66. The number of aryl methyl sites for hydroxylation is 1. The molecule has 0 saturated carbocycles. The molecule has 0 radical (unpaired) electrons. The summed E-state index contributed by atoms with van der Waals surface area (Å²) in [5.41, 5.74) is 0.362. The lowest BCUT2D eigenvalue weighted by Gasteiger charge is -2.30. The molecular weight excluding hydrogens is 228 g/mol. The molecule has 2 unspecified atom stereocenters. The lowest BCUT2D eigenvalue weighted by Crippen LogP contribution is -2.31. The number of carbonyl (C=O) groups is 1. The highest BCUT2D eigenvalue weighted by molar-refractivity contribution is 5.29. The van der Waals surface area contributed by atoms with Crippen molar-refractivity contribution in [1.82, 2.24) is 4.57 Å². The highest BCUT2D eigenvalue weighted by atomic mass is 16.3. The van der Waals surface area contributed by atoms with E-state index in [1.807, 2.05) is 0 Å². The Morgan fingerprint density at radius 2 is 1.89 bits per heavy atom. The predicted molar refractivity (Wildman–Crippen MR) is 69.7 cm³/mol. The van der Waals surface area contributed by atoms with Crippen molar-refractivity contribution in [1.29, 1.82) is 0 Å². The van der Waals surface area contributed by atoms with Crippen LogP contribution in [0.5, 0.6) is 0 Å². The lowest BCUT2D eigenvalue weighted by atomic mass is 9.78. The fraction of sp³-hybridized carbons (Fsp3) is 0.714. The van der Waals surface area contributed by atoms with E-state index in [-0.39, 0.29) is 0 Å². The molecule has 2 atom stereocenters. The minimum atomic E-state index is -0.500. The van der Waals surface area contributed by atoms with Crippen LogP contribution in [0.1, 0.15) is 47.6 Å². The molecule has 4 heteroatoms. The maximum Gasteiger partial charge on any atom is 0.243 e. The molecule has 0 bridgehead atoms. The van der Waals surface area contributed by atoms with Gasteiger partial charge in [-0.2, -0.15) is 0 Å². The van der Waals surface area contributed by atoms with Crippen LogP contribution in [-0.2, 0) is 11.3 Å². The van der Waals surface area contributed by atoms with Gasteiger partial charge in [-0.15, -0.1) is 0 Å². The van der Waals surface area contributed by atoms with E-state index in [1.54, 1.807) is 0 Å². The molecule has 104 valence electrons. The molecule has 0 aliphatic heterocycles. The van der Waals surface area contributed by atoms with Crippen molar-refractivity contribution in [3.05, 3.63) is 18.7 Å². The van der Waals surface area contributed by atoms with Crippen molar-refractivity contribution in [3.8, 4) is 0 Å². The van der Waals surface area contributed by atoms with Gasteiger partial charge < -0.3 is 9.90 Å². The van der Waals surface area contributed by atoms with E-state index in [1.165, 1.54) is 0 Å². The molecule has 18 heavy (non-hydrogen) atoms. The summed E-state index contributed by atoms with van der Waals surface area (Å²) >= 11 is 0. The molecule has 0 N–H and O–H groups in total. The lowest BCUT2D eigenvalue weighted by molar-refractivity contribution is -0.693. The summed E-state index contributed by atoms with van der Waals surface area (Å²) in [6, 6.07) is 0.554. The van der Waals surface area contributed by atoms with Crippen LogP contribution in [0, 0.1) is 11.3 Å². The van der Waals surface area contributed by atoms with Crippen molar-refractivity contribution < 1.29 is 14.5 Å². The molecule has 1 aromatic rings. The quantitative estimate of drug-likeness (QED) is 0.605. The predicted octanol–water partition coefficient (Wildman–Crippen LogP) is 1.40. The summed E-state index contributed by atoms with van der Waals surface area (Å²) in [5, 5.41) is 8.25. The Morgan fingerprint density at radius 1 is 1.39 bits per heavy atom. The van der Waals surface area contributed by atoms with Gasteiger partial charge in [0.25, 0.3) is 0 Å². The summed E-state index contributed by atoms with van der Waals surface area (Å²) in [5.74, 6) is 0.662. The molecule has 1 heterocycles. The summed E-state index contributed by atoms with van der Waals surface area (Å²) < 4.78 is 4.53. The van der Waals surface area contributed by atoms with Gasteiger partial charge in [0.2, 0.25) is 6.33 Å². The van der Waals surface area contributed by atoms with Crippen molar-refractivity contribution in [2.24, 2.45) is 11.3 Å². The zero-order chi connectivity index (χ0) is 14.3. The number of nitrogens with zero attached hydrogens (tertiary/aromatic N) is 2. The normalized spacial score (nSPS) is 14.3. The second-order valence-corrected chi connectivity index (χ2v) is 5.68. The smallest absolute Gasteiger partial charge is 0.243 e. The second kappa shape index (κ2) is 7.19. The fourth-order valence-electron chi connectivity index (χ4n) is 1.82. The van der Waals surface area contributed by atoms with Gasteiger partial charge in [0.1, 0.15) is 18.4 Å². The number of imidazole rings is 1. The zero-order valence-electron chi connectivity index (χ0n) is 12.4. The molecule has 0 aliphatic rings. The Bertz CT molecular complexity index is 353. The monoisotopic (exact) mass is 254 g/mol. The van der Waals surface area contributed by atoms with Gasteiger partial charge in [0.15, 0.2) is 0 Å². The van der Waals surface area contributed by atoms with E-state index in [0.717, 1.165) is 6.54 Å². The average Bonchev–Trinajstić information content (AvgIpc) is 2.75. The van der Waals surface area contributed by atoms with E-state index in [2.05, 4.69) is 69.4 Å². The third kappa shape index (κ3) is 4.90. The van der Waals surface area contributed by atoms with Gasteiger partial charge in [0, 0.05) is 12.4 Å². The average molecular weight is 254 g/mol. The van der Waals surface area contributed by atoms with Gasteiger partial charge in [-0.25, -0.2) is 9.13 Å². The van der Waals surface area contributed by atoms with Gasteiger partial charge in [-0.05, 0) is 19.3 Å². The summed E-state index contributed by atoms with van der Waals surface area (Å²) in [4.78, 5) is 8.25. The SMILES string of the molecule is CC[n+]1ccn(C(C)C(C)C(C)(C)C)c1.O=C[O-]. The summed E-state index contributed by atoms with van der Waals surface area (Å²) in [6.45, 7) is 14.3. The third-order valence-corrected chi connectivity index (χ3v) is 3.64. The van der Waals surface area contributed by atoms with Crippen molar-refractivity contribution in [2.45, 2.75) is 54.1 Å². The van der Waals surface area contributed by atoms with Crippen LogP contribution in [0.4, 0.5) is 0 Å². The molecule has 0 spiro atoms. The zero-order valence-corrected chi connectivity index (χ0v) is 12.4. The largest absolute Gasteiger partial charge is 0.554 e. The first-order chi connectivity index (χ1) is 8.27. The number of rotatable bonds is 3. The van der Waals surface area contributed by atoms with Crippen LogP contribution >= 0.6 is 0 Å². The fourth-order valence-corrected chi connectivity index (χ4v) is 1.82. The number of carboxylic acid groups (broad SMARTS) is 1. The van der Waals surface area contributed by atoms with E-state index in [9.17, 15) is 0 Å². The minimum absolute atomic E-state index is 0.362. The van der Waals surface area contributed by atoms with E-state index >= 15 is 0 Å². The second-order valence-electron chi connectivity index (χ2n) is 5.68. The molecule has 0 fully saturated rings. The number of hydrogen-bond donors (Lipinski definition) is 0. The number of aromatic nitrogens is 2. The van der Waals surface area contributed by atoms with Crippen LogP contribution in [0.2, 0.25) is 0 Å². The number of hydrogen-bond acceptors (Lipinski definition) is 2. The topological polar surface area (TPSA) is 48.9 Å². The highest BCUT2D eigenvalue weighted by Crippen LogP contribution is 2.33. The third-order valence-electron chi connectivity index (χ3n) is 3.64. The van der Waals surface area contributed by atoms with E-state index in [4.69, 9.17) is 9.90 Å². The van der Waals surface area contributed by atoms with Crippen molar-refractivity contribution in [2.75, 3.05) is 0 Å². The Balaban J connectivity index is 0.000000873. The maximum absolute atomic E-state index is 8.25. The highest BCUT2D eigenvalue weighted by Gasteiger charge is 2.29. The van der Waals surface area contributed by atoms with E-state index < -0.39 is 6.47 Å². The Hall–Kier alpha value is -1.32. The van der Waals surface area contributed by atoms with Crippen molar-refractivity contribution in [3.63, 3.8) is 0 Å². The van der Waals surface area contributed by atoms with Gasteiger partial charge in [0.05, 0.1) is 6.54 Å². The van der Waals surface area contributed by atoms with Crippen LogP contribution in [0.15, 0.2) is 18.7 Å². The van der Waals surface area contributed by atoms with Gasteiger partial charge in [-0.1, -0.05) is 27.7 Å². The van der Waals surface area contributed by atoms with E-state index in [0.29, 0.717) is 17.4 Å². The first kappa shape index (κ1) is 16.7. The standard InChI is InChI=1S/C13H25N2.CH2O2/c1-7-14-8-9-15(10-14)12(3)11(2)13(4,5)6;2-1-3/h8-12H,7H2,1-6H3;1H,(H,2,3)/q+1;/p-1. The van der Waals surface area contributed by atoms with Crippen LogP contribution in [-0.4, -0.2) is 11.0 Å². The molecular formula is C14H26N2O2. The maximum atomic E-state index is 8.25. The molecule has 1 rings (SSSR count). The Morgan fingerprint density at radius 3 is 2.22 bits per heavy atom. The van der Waals surface area contributed by atoms with Crippen LogP contribution < -0.4 is 9.67 Å². The molecule has 4 nitrogen and oxygen atoms in total. The van der Waals surface area contributed by atoms with Gasteiger partial charge >= 0.3 is 0 Å².